The summed E-state index contributed by atoms with van der Waals surface area (Å²) < 4.78 is 29.8. The zero-order valence-corrected chi connectivity index (χ0v) is 16.2. The summed E-state index contributed by atoms with van der Waals surface area (Å²) in [5, 5.41) is 2.85. The Labute approximate surface area is 149 Å². The van der Waals surface area contributed by atoms with Gasteiger partial charge >= 0.3 is 0 Å². The predicted molar refractivity (Wildman–Crippen MR) is 92.6 cm³/mol. The maximum absolute atomic E-state index is 12.9. The van der Waals surface area contributed by atoms with Crippen molar-refractivity contribution in [2.75, 3.05) is 31.2 Å². The number of nitrogens with zero attached hydrogens (tertiary/aromatic N) is 1. The van der Waals surface area contributed by atoms with Crippen molar-refractivity contribution in [1.29, 1.82) is 0 Å². The molecule has 0 unspecified atom stereocenters. The van der Waals surface area contributed by atoms with Gasteiger partial charge in [-0.2, -0.15) is 0 Å². The maximum Gasteiger partial charge on any atom is 0.229 e. The number of hydrogen-bond donors (Lipinski definition) is 1. The Balaban J connectivity index is 1.71. The summed E-state index contributed by atoms with van der Waals surface area (Å²) in [6, 6.07) is -0.632. The van der Waals surface area contributed by atoms with Crippen LogP contribution in [0.1, 0.15) is 34.1 Å². The Kier molecular flexibility index (Phi) is 4.43. The van der Waals surface area contributed by atoms with Crippen LogP contribution in [-0.4, -0.2) is 68.0 Å². The van der Waals surface area contributed by atoms with Gasteiger partial charge in [-0.25, -0.2) is 8.42 Å². The van der Waals surface area contributed by atoms with E-state index in [1.54, 1.807) is 4.90 Å². The second-order valence-electron chi connectivity index (χ2n) is 8.91. The van der Waals surface area contributed by atoms with E-state index in [4.69, 9.17) is 4.74 Å². The van der Waals surface area contributed by atoms with Gasteiger partial charge in [-0.3, -0.25) is 9.59 Å². The topological polar surface area (TPSA) is 92.8 Å². The molecule has 0 spiro atoms. The fourth-order valence-electron chi connectivity index (χ4n) is 3.87. The Bertz CT molecular complexity index is 685. The molecule has 1 saturated carbocycles. The Hall–Kier alpha value is -1.15. The molecule has 1 aliphatic carbocycles. The lowest BCUT2D eigenvalue weighted by Gasteiger charge is -2.39. The summed E-state index contributed by atoms with van der Waals surface area (Å²) >= 11 is 0. The molecular formula is C17H28N2O5S. The first kappa shape index (κ1) is 18.6. The van der Waals surface area contributed by atoms with Crippen molar-refractivity contribution in [3.8, 4) is 0 Å². The number of carbonyl (C=O) groups excluding carboxylic acids is 2. The Morgan fingerprint density at radius 1 is 1.16 bits per heavy atom. The van der Waals surface area contributed by atoms with Gasteiger partial charge in [0.1, 0.15) is 0 Å². The number of carbonyl (C=O) groups is 2. The average Bonchev–Trinajstić information content (AvgIpc) is 3.00. The first-order valence-electron chi connectivity index (χ1n) is 8.84. The van der Waals surface area contributed by atoms with Crippen molar-refractivity contribution in [3.63, 3.8) is 0 Å². The van der Waals surface area contributed by atoms with Gasteiger partial charge in [-0.05, 0) is 25.7 Å². The molecule has 3 rings (SSSR count). The minimum absolute atomic E-state index is 0.0324. The first-order chi connectivity index (χ1) is 11.4. The quantitative estimate of drug-likeness (QED) is 0.764. The van der Waals surface area contributed by atoms with E-state index in [-0.39, 0.29) is 34.7 Å². The summed E-state index contributed by atoms with van der Waals surface area (Å²) in [4.78, 5) is 27.0. The standard InChI is InChI=1S/C17H28N2O5S/c1-16(2)7-12(16)14(20)18-13-9-25(22,23)8-11(13)15(21)19-5-6-24-17(3,4)10-19/h11-13H,5-10H2,1-4H3,(H,18,20)/t11-,12-,13-/m1/s1. The molecule has 3 atom stereocenters. The van der Waals surface area contributed by atoms with Gasteiger partial charge in [-0.1, -0.05) is 13.8 Å². The highest BCUT2D eigenvalue weighted by molar-refractivity contribution is 7.91. The number of rotatable bonds is 3. The molecule has 1 N–H and O–H groups in total. The average molecular weight is 372 g/mol. The zero-order valence-electron chi connectivity index (χ0n) is 15.4. The van der Waals surface area contributed by atoms with E-state index in [1.807, 2.05) is 27.7 Å². The molecule has 2 heterocycles. The van der Waals surface area contributed by atoms with Gasteiger partial charge in [0, 0.05) is 19.0 Å². The smallest absolute Gasteiger partial charge is 0.229 e. The van der Waals surface area contributed by atoms with E-state index in [1.165, 1.54) is 0 Å². The van der Waals surface area contributed by atoms with E-state index in [0.717, 1.165) is 6.42 Å². The number of hydrogen-bond acceptors (Lipinski definition) is 5. The number of nitrogens with one attached hydrogen (secondary N) is 1. The normalized spacial score (nSPS) is 35.2. The molecule has 0 aromatic carbocycles. The number of morpholine rings is 1. The SMILES string of the molecule is CC1(C)CN(C(=O)[C@@H]2CS(=O)(=O)C[C@H]2NC(=O)[C@H]2CC2(C)C)CCO1. The molecule has 2 amide bonds. The summed E-state index contributed by atoms with van der Waals surface area (Å²) in [7, 11) is -3.33. The lowest BCUT2D eigenvalue weighted by molar-refractivity contribution is -0.150. The molecule has 3 aliphatic rings. The van der Waals surface area contributed by atoms with Crippen LogP contribution < -0.4 is 5.32 Å². The highest BCUT2D eigenvalue weighted by atomic mass is 32.2. The van der Waals surface area contributed by atoms with Crippen molar-refractivity contribution in [1.82, 2.24) is 10.2 Å². The monoisotopic (exact) mass is 372 g/mol. The van der Waals surface area contributed by atoms with Crippen molar-refractivity contribution >= 4 is 21.7 Å². The van der Waals surface area contributed by atoms with Crippen LogP contribution in [0, 0.1) is 17.3 Å². The molecule has 2 saturated heterocycles. The molecule has 0 aromatic heterocycles. The van der Waals surface area contributed by atoms with E-state index < -0.39 is 27.4 Å². The molecule has 25 heavy (non-hydrogen) atoms. The van der Waals surface area contributed by atoms with Crippen LogP contribution >= 0.6 is 0 Å². The Morgan fingerprint density at radius 3 is 2.36 bits per heavy atom. The van der Waals surface area contributed by atoms with Crippen molar-refractivity contribution in [2.24, 2.45) is 17.3 Å². The van der Waals surface area contributed by atoms with Gasteiger partial charge < -0.3 is 15.0 Å². The summed E-state index contributed by atoms with van der Waals surface area (Å²) in [6.45, 7) is 9.17. The predicted octanol–water partition coefficient (Wildman–Crippen LogP) is 0.199. The molecule has 3 fully saturated rings. The lowest BCUT2D eigenvalue weighted by atomic mass is 9.99. The second-order valence-corrected chi connectivity index (χ2v) is 11.1. The zero-order chi connectivity index (χ0) is 18.6. The minimum atomic E-state index is -3.33. The molecule has 0 aromatic rings. The highest BCUT2D eigenvalue weighted by Crippen LogP contribution is 2.51. The molecule has 2 aliphatic heterocycles. The maximum atomic E-state index is 12.9. The van der Waals surface area contributed by atoms with E-state index in [9.17, 15) is 18.0 Å². The minimum Gasteiger partial charge on any atom is -0.372 e. The van der Waals surface area contributed by atoms with E-state index in [0.29, 0.717) is 19.7 Å². The van der Waals surface area contributed by atoms with Crippen LogP contribution in [-0.2, 0) is 24.2 Å². The van der Waals surface area contributed by atoms with Crippen LogP contribution in [0.5, 0.6) is 0 Å². The fourth-order valence-corrected chi connectivity index (χ4v) is 5.79. The molecule has 8 heteroatoms. The summed E-state index contributed by atoms with van der Waals surface area (Å²) in [5.41, 5.74) is -0.475. The molecular weight excluding hydrogens is 344 g/mol. The van der Waals surface area contributed by atoms with E-state index >= 15 is 0 Å². The number of sulfone groups is 1. The van der Waals surface area contributed by atoms with Crippen LogP contribution in [0.2, 0.25) is 0 Å². The number of amides is 2. The third kappa shape index (κ3) is 4.00. The van der Waals surface area contributed by atoms with Gasteiger partial charge in [0.2, 0.25) is 11.8 Å². The van der Waals surface area contributed by atoms with Gasteiger partial charge in [0.25, 0.3) is 0 Å². The number of ether oxygens (including phenoxy) is 1. The highest BCUT2D eigenvalue weighted by Gasteiger charge is 2.52. The van der Waals surface area contributed by atoms with Crippen molar-refractivity contribution in [2.45, 2.75) is 45.8 Å². The Morgan fingerprint density at radius 2 is 1.80 bits per heavy atom. The van der Waals surface area contributed by atoms with Gasteiger partial charge in [0.15, 0.2) is 9.84 Å². The first-order valence-corrected chi connectivity index (χ1v) is 10.7. The largest absolute Gasteiger partial charge is 0.372 e. The van der Waals surface area contributed by atoms with Gasteiger partial charge in [-0.15, -0.1) is 0 Å². The second kappa shape index (κ2) is 5.94. The van der Waals surface area contributed by atoms with Crippen LogP contribution in [0.3, 0.4) is 0 Å². The van der Waals surface area contributed by atoms with Crippen LogP contribution in [0.4, 0.5) is 0 Å². The molecule has 7 nitrogen and oxygen atoms in total. The molecule has 0 bridgehead atoms. The fraction of sp³-hybridized carbons (Fsp3) is 0.882. The van der Waals surface area contributed by atoms with Crippen LogP contribution in [0.25, 0.3) is 0 Å². The molecule has 0 radical (unpaired) electrons. The summed E-state index contributed by atoms with van der Waals surface area (Å²) in [6.07, 6.45) is 0.800. The lowest BCUT2D eigenvalue weighted by Crippen LogP contribution is -2.55. The van der Waals surface area contributed by atoms with Gasteiger partial charge in [0.05, 0.1) is 35.7 Å². The van der Waals surface area contributed by atoms with Crippen molar-refractivity contribution < 1.29 is 22.7 Å². The molecule has 142 valence electrons. The van der Waals surface area contributed by atoms with Crippen LogP contribution in [0.15, 0.2) is 0 Å². The summed E-state index contributed by atoms with van der Waals surface area (Å²) in [5.74, 6) is -1.47. The van der Waals surface area contributed by atoms with E-state index in [2.05, 4.69) is 5.32 Å². The third-order valence-electron chi connectivity index (χ3n) is 5.56. The van der Waals surface area contributed by atoms with Crippen molar-refractivity contribution in [3.05, 3.63) is 0 Å². The third-order valence-corrected chi connectivity index (χ3v) is 7.30.